The van der Waals surface area contributed by atoms with Gasteiger partial charge in [-0.3, -0.25) is 14.6 Å². The SMILES string of the molecule is Cc1nn(C)c(=O)c(C(=O)NCc2ccncc2O[C@H]2CCNC2)c1C. The number of pyridine rings is 1. The third kappa shape index (κ3) is 3.75. The van der Waals surface area contributed by atoms with Crippen molar-refractivity contribution in [2.75, 3.05) is 13.1 Å². The Kier molecular flexibility index (Phi) is 5.32. The molecule has 0 spiro atoms. The molecule has 26 heavy (non-hydrogen) atoms. The zero-order chi connectivity index (χ0) is 18.7. The Bertz CT molecular complexity index is 872. The van der Waals surface area contributed by atoms with Crippen LogP contribution >= 0.6 is 0 Å². The number of nitrogens with zero attached hydrogens (tertiary/aromatic N) is 3. The summed E-state index contributed by atoms with van der Waals surface area (Å²) in [6.45, 7) is 5.48. The molecule has 8 nitrogen and oxygen atoms in total. The zero-order valence-electron chi connectivity index (χ0n) is 15.2. The predicted molar refractivity (Wildman–Crippen MR) is 96.3 cm³/mol. The number of hydrogen-bond donors (Lipinski definition) is 2. The minimum atomic E-state index is -0.418. The van der Waals surface area contributed by atoms with Crippen LogP contribution in [0.25, 0.3) is 0 Å². The van der Waals surface area contributed by atoms with Gasteiger partial charge in [-0.15, -0.1) is 0 Å². The first-order valence-corrected chi connectivity index (χ1v) is 8.60. The number of nitrogens with one attached hydrogen (secondary N) is 2. The average molecular weight is 357 g/mol. The lowest BCUT2D eigenvalue weighted by atomic mass is 10.1. The first-order valence-electron chi connectivity index (χ1n) is 8.60. The lowest BCUT2D eigenvalue weighted by Crippen LogP contribution is -2.35. The Hall–Kier alpha value is -2.74. The molecule has 0 aliphatic carbocycles. The molecule has 3 heterocycles. The van der Waals surface area contributed by atoms with Crippen LogP contribution in [0.1, 0.15) is 33.6 Å². The second-order valence-electron chi connectivity index (χ2n) is 6.41. The van der Waals surface area contributed by atoms with E-state index in [-0.39, 0.29) is 18.2 Å². The van der Waals surface area contributed by atoms with Crippen molar-refractivity contribution >= 4 is 5.91 Å². The van der Waals surface area contributed by atoms with E-state index in [9.17, 15) is 9.59 Å². The van der Waals surface area contributed by atoms with Crippen LogP contribution in [-0.2, 0) is 13.6 Å². The fourth-order valence-corrected chi connectivity index (χ4v) is 2.95. The van der Waals surface area contributed by atoms with Crippen molar-refractivity contribution < 1.29 is 9.53 Å². The summed E-state index contributed by atoms with van der Waals surface area (Å²) in [7, 11) is 1.54. The van der Waals surface area contributed by atoms with Gasteiger partial charge in [0, 0.05) is 31.9 Å². The fraction of sp³-hybridized carbons (Fsp3) is 0.444. The lowest BCUT2D eigenvalue weighted by molar-refractivity contribution is 0.0947. The molecule has 0 radical (unpaired) electrons. The molecule has 0 unspecified atom stereocenters. The van der Waals surface area contributed by atoms with Gasteiger partial charge >= 0.3 is 0 Å². The summed E-state index contributed by atoms with van der Waals surface area (Å²) in [6.07, 6.45) is 4.35. The van der Waals surface area contributed by atoms with E-state index in [1.165, 1.54) is 11.7 Å². The maximum atomic E-state index is 12.6. The molecule has 138 valence electrons. The normalized spacial score (nSPS) is 16.5. The fourth-order valence-electron chi connectivity index (χ4n) is 2.95. The van der Waals surface area contributed by atoms with Gasteiger partial charge in [0.05, 0.1) is 11.9 Å². The molecule has 1 fully saturated rings. The highest BCUT2D eigenvalue weighted by Gasteiger charge is 2.20. The number of rotatable bonds is 5. The highest BCUT2D eigenvalue weighted by Crippen LogP contribution is 2.20. The molecule has 3 rings (SSSR count). The van der Waals surface area contributed by atoms with E-state index in [0.29, 0.717) is 17.0 Å². The Morgan fingerprint density at radius 1 is 1.46 bits per heavy atom. The number of ether oxygens (including phenoxy) is 1. The Morgan fingerprint density at radius 2 is 2.27 bits per heavy atom. The van der Waals surface area contributed by atoms with Crippen LogP contribution in [0.4, 0.5) is 0 Å². The van der Waals surface area contributed by atoms with Crippen molar-refractivity contribution in [2.24, 2.45) is 7.05 Å². The molecule has 1 aliphatic heterocycles. The second kappa shape index (κ2) is 7.65. The minimum Gasteiger partial charge on any atom is -0.487 e. The second-order valence-corrected chi connectivity index (χ2v) is 6.41. The van der Waals surface area contributed by atoms with Gasteiger partial charge in [-0.25, -0.2) is 4.68 Å². The highest BCUT2D eigenvalue weighted by molar-refractivity contribution is 5.95. The molecular weight excluding hydrogens is 334 g/mol. The number of hydrogen-bond acceptors (Lipinski definition) is 6. The number of carbonyl (C=O) groups excluding carboxylic acids is 1. The summed E-state index contributed by atoms with van der Waals surface area (Å²) in [5.74, 6) is 0.232. The molecule has 2 aromatic rings. The Balaban J connectivity index is 1.76. The van der Waals surface area contributed by atoms with E-state index in [2.05, 4.69) is 20.7 Å². The molecule has 2 N–H and O–H groups in total. The number of carbonyl (C=O) groups is 1. The van der Waals surface area contributed by atoms with Gasteiger partial charge in [-0.1, -0.05) is 0 Å². The summed E-state index contributed by atoms with van der Waals surface area (Å²) < 4.78 is 7.16. The smallest absolute Gasteiger partial charge is 0.279 e. The first kappa shape index (κ1) is 18.1. The van der Waals surface area contributed by atoms with Crippen LogP contribution in [0.15, 0.2) is 23.3 Å². The molecule has 1 amide bonds. The molecule has 0 saturated carbocycles. The van der Waals surface area contributed by atoms with Gasteiger partial charge in [0.15, 0.2) is 0 Å². The van der Waals surface area contributed by atoms with Crippen molar-refractivity contribution in [2.45, 2.75) is 32.9 Å². The highest BCUT2D eigenvalue weighted by atomic mass is 16.5. The van der Waals surface area contributed by atoms with E-state index in [1.54, 1.807) is 32.3 Å². The van der Waals surface area contributed by atoms with E-state index < -0.39 is 11.5 Å². The summed E-state index contributed by atoms with van der Waals surface area (Å²) in [6, 6.07) is 1.81. The number of aromatic nitrogens is 3. The monoisotopic (exact) mass is 357 g/mol. The van der Waals surface area contributed by atoms with E-state index in [4.69, 9.17) is 4.74 Å². The predicted octanol–water partition coefficient (Wildman–Crippen LogP) is 0.463. The van der Waals surface area contributed by atoms with Gasteiger partial charge in [0.1, 0.15) is 17.4 Å². The van der Waals surface area contributed by atoms with E-state index in [1.807, 2.05) is 0 Å². The van der Waals surface area contributed by atoms with Gasteiger partial charge < -0.3 is 15.4 Å². The third-order valence-corrected chi connectivity index (χ3v) is 4.57. The Labute approximate surface area is 151 Å². The Morgan fingerprint density at radius 3 is 3.00 bits per heavy atom. The van der Waals surface area contributed by atoms with Crippen LogP contribution in [-0.4, -0.2) is 39.9 Å². The molecule has 0 bridgehead atoms. The van der Waals surface area contributed by atoms with Crippen LogP contribution in [0.3, 0.4) is 0 Å². The molecule has 1 aliphatic rings. The standard InChI is InChI=1S/C18H23N5O3/c1-11-12(2)22-23(3)18(25)16(11)17(24)21-8-13-4-6-20-10-15(13)26-14-5-7-19-9-14/h4,6,10,14,19H,5,7-9H2,1-3H3,(H,21,24)/t14-/m0/s1. The largest absolute Gasteiger partial charge is 0.487 e. The minimum absolute atomic E-state index is 0.103. The van der Waals surface area contributed by atoms with E-state index >= 15 is 0 Å². The van der Waals surface area contributed by atoms with Gasteiger partial charge in [0.25, 0.3) is 11.5 Å². The molecular formula is C18H23N5O3. The lowest BCUT2D eigenvalue weighted by Gasteiger charge is -2.16. The molecule has 0 aromatic carbocycles. The first-order chi connectivity index (χ1) is 12.5. The van der Waals surface area contributed by atoms with Crippen molar-refractivity contribution in [1.29, 1.82) is 0 Å². The number of aryl methyl sites for hydroxylation is 2. The quantitative estimate of drug-likeness (QED) is 0.807. The zero-order valence-corrected chi connectivity index (χ0v) is 15.2. The van der Waals surface area contributed by atoms with Crippen molar-refractivity contribution in [3.05, 3.63) is 51.2 Å². The van der Waals surface area contributed by atoms with Crippen LogP contribution in [0.5, 0.6) is 5.75 Å². The van der Waals surface area contributed by atoms with Crippen LogP contribution < -0.4 is 20.9 Å². The summed E-state index contributed by atoms with van der Waals surface area (Å²) in [5, 5.41) is 10.2. The van der Waals surface area contributed by atoms with Crippen LogP contribution in [0, 0.1) is 13.8 Å². The number of amides is 1. The van der Waals surface area contributed by atoms with Crippen molar-refractivity contribution in [3.63, 3.8) is 0 Å². The van der Waals surface area contributed by atoms with Crippen molar-refractivity contribution in [1.82, 2.24) is 25.4 Å². The third-order valence-electron chi connectivity index (χ3n) is 4.57. The summed E-state index contributed by atoms with van der Waals surface area (Å²) in [5.41, 5.74) is 1.78. The average Bonchev–Trinajstić information content (AvgIpc) is 3.12. The van der Waals surface area contributed by atoms with Gasteiger partial charge in [-0.05, 0) is 38.4 Å². The molecule has 1 atom stereocenters. The summed E-state index contributed by atoms with van der Waals surface area (Å²) >= 11 is 0. The molecule has 8 heteroatoms. The van der Waals surface area contributed by atoms with Crippen LogP contribution in [0.2, 0.25) is 0 Å². The summed E-state index contributed by atoms with van der Waals surface area (Å²) in [4.78, 5) is 29.0. The maximum absolute atomic E-state index is 12.6. The van der Waals surface area contributed by atoms with E-state index in [0.717, 1.165) is 25.1 Å². The van der Waals surface area contributed by atoms with Gasteiger partial charge in [-0.2, -0.15) is 5.10 Å². The molecule has 2 aromatic heterocycles. The van der Waals surface area contributed by atoms with Crippen molar-refractivity contribution in [3.8, 4) is 5.75 Å². The maximum Gasteiger partial charge on any atom is 0.279 e. The van der Waals surface area contributed by atoms with Gasteiger partial charge in [0.2, 0.25) is 0 Å². The molecule has 1 saturated heterocycles. The topological polar surface area (TPSA) is 98.1 Å².